The zero-order valence-corrected chi connectivity index (χ0v) is 16.4. The number of nitrogens with zero attached hydrogens (tertiary/aromatic N) is 3. The molecule has 0 atom stereocenters. The van der Waals surface area contributed by atoms with Gasteiger partial charge in [0.05, 0.1) is 5.92 Å². The average molecular weight is 387 g/mol. The van der Waals surface area contributed by atoms with Crippen LogP contribution in [-0.2, 0) is 16.1 Å². The van der Waals surface area contributed by atoms with Gasteiger partial charge in [0.15, 0.2) is 0 Å². The summed E-state index contributed by atoms with van der Waals surface area (Å²) in [5, 5.41) is 9.09. The molecule has 1 heterocycles. The third-order valence-corrected chi connectivity index (χ3v) is 5.88. The van der Waals surface area contributed by atoms with E-state index in [4.69, 9.17) is 5.11 Å². The van der Waals surface area contributed by atoms with Crippen molar-refractivity contribution in [1.29, 1.82) is 0 Å². The van der Waals surface area contributed by atoms with E-state index in [0.717, 1.165) is 5.56 Å². The van der Waals surface area contributed by atoms with Crippen LogP contribution in [0.15, 0.2) is 30.3 Å². The molecule has 1 N–H and O–H groups in total. The number of hydrogen-bond donors (Lipinski definition) is 1. The monoisotopic (exact) mass is 387 g/mol. The van der Waals surface area contributed by atoms with E-state index in [-0.39, 0.29) is 23.8 Å². The number of rotatable bonds is 4. The van der Waals surface area contributed by atoms with Gasteiger partial charge in [0.25, 0.3) is 0 Å². The highest BCUT2D eigenvalue weighted by molar-refractivity contribution is 5.80. The van der Waals surface area contributed by atoms with Gasteiger partial charge in [-0.05, 0) is 31.2 Å². The van der Waals surface area contributed by atoms with Crippen LogP contribution in [0.3, 0.4) is 0 Å². The van der Waals surface area contributed by atoms with Crippen LogP contribution in [0.4, 0.5) is 4.79 Å². The van der Waals surface area contributed by atoms with Crippen molar-refractivity contribution in [2.45, 2.75) is 32.2 Å². The van der Waals surface area contributed by atoms with Crippen LogP contribution in [0, 0.1) is 11.8 Å². The highest BCUT2D eigenvalue weighted by Crippen LogP contribution is 2.30. The Balaban J connectivity index is 1.45. The third kappa shape index (κ3) is 4.82. The van der Waals surface area contributed by atoms with E-state index in [1.807, 2.05) is 35.2 Å². The lowest BCUT2D eigenvalue weighted by molar-refractivity contribution is -0.146. The lowest BCUT2D eigenvalue weighted by atomic mass is 9.81. The van der Waals surface area contributed by atoms with Crippen molar-refractivity contribution in [3.05, 3.63) is 35.9 Å². The lowest BCUT2D eigenvalue weighted by Crippen LogP contribution is -2.54. The first-order valence-electron chi connectivity index (χ1n) is 10.0. The van der Waals surface area contributed by atoms with E-state index in [1.165, 1.54) is 0 Å². The Morgan fingerprint density at radius 2 is 1.46 bits per heavy atom. The average Bonchev–Trinajstić information content (AvgIpc) is 2.73. The maximum Gasteiger partial charge on any atom is 0.320 e. The zero-order chi connectivity index (χ0) is 20.1. The third-order valence-electron chi connectivity index (χ3n) is 5.88. The minimum absolute atomic E-state index is 0.0158. The van der Waals surface area contributed by atoms with Crippen molar-refractivity contribution in [2.75, 3.05) is 33.2 Å². The maximum atomic E-state index is 12.7. The van der Waals surface area contributed by atoms with Crippen molar-refractivity contribution >= 4 is 17.9 Å². The molecule has 3 amide bonds. The molecule has 1 saturated carbocycles. The van der Waals surface area contributed by atoms with Crippen LogP contribution >= 0.6 is 0 Å². The summed E-state index contributed by atoms with van der Waals surface area (Å²) in [6.07, 6.45) is 2.45. The van der Waals surface area contributed by atoms with Crippen molar-refractivity contribution in [3.63, 3.8) is 0 Å². The number of carbonyl (C=O) groups excluding carboxylic acids is 2. The molecule has 3 rings (SSSR count). The lowest BCUT2D eigenvalue weighted by Gasteiger charge is -2.38. The van der Waals surface area contributed by atoms with Gasteiger partial charge >= 0.3 is 12.0 Å². The molecular formula is C21H29N3O4. The molecule has 0 bridgehead atoms. The number of carboxylic acids is 1. The molecule has 7 nitrogen and oxygen atoms in total. The van der Waals surface area contributed by atoms with Gasteiger partial charge in [-0.25, -0.2) is 4.79 Å². The number of carboxylic acid groups (broad SMARTS) is 1. The molecule has 1 aromatic carbocycles. The molecule has 0 spiro atoms. The maximum absolute atomic E-state index is 12.7. The molecule has 1 aliphatic heterocycles. The van der Waals surface area contributed by atoms with Gasteiger partial charge in [-0.15, -0.1) is 0 Å². The summed E-state index contributed by atoms with van der Waals surface area (Å²) >= 11 is 0. The Bertz CT molecular complexity index is 693. The van der Waals surface area contributed by atoms with Crippen molar-refractivity contribution in [3.8, 4) is 0 Å². The molecule has 2 aliphatic rings. The van der Waals surface area contributed by atoms with Gasteiger partial charge in [0, 0.05) is 45.7 Å². The molecule has 0 unspecified atom stereocenters. The summed E-state index contributed by atoms with van der Waals surface area (Å²) < 4.78 is 0. The highest BCUT2D eigenvalue weighted by atomic mass is 16.4. The fourth-order valence-electron chi connectivity index (χ4n) is 4.13. The van der Waals surface area contributed by atoms with Gasteiger partial charge in [-0.3, -0.25) is 9.59 Å². The van der Waals surface area contributed by atoms with Gasteiger partial charge in [0.2, 0.25) is 5.91 Å². The molecule has 28 heavy (non-hydrogen) atoms. The van der Waals surface area contributed by atoms with Crippen LogP contribution in [0.25, 0.3) is 0 Å². The normalized spacial score (nSPS) is 22.6. The zero-order valence-electron chi connectivity index (χ0n) is 16.4. The summed E-state index contributed by atoms with van der Waals surface area (Å²) in [5.41, 5.74) is 1.09. The van der Waals surface area contributed by atoms with Crippen LogP contribution in [-0.4, -0.2) is 70.9 Å². The quantitative estimate of drug-likeness (QED) is 0.859. The van der Waals surface area contributed by atoms with Gasteiger partial charge in [-0.2, -0.15) is 0 Å². The van der Waals surface area contributed by atoms with Crippen molar-refractivity contribution in [2.24, 2.45) is 11.8 Å². The number of carbonyl (C=O) groups is 3. The molecular weight excluding hydrogens is 358 g/mol. The van der Waals surface area contributed by atoms with Gasteiger partial charge < -0.3 is 19.8 Å². The number of piperazine rings is 1. The van der Waals surface area contributed by atoms with E-state index >= 15 is 0 Å². The molecule has 0 aromatic heterocycles. The van der Waals surface area contributed by atoms with Crippen molar-refractivity contribution in [1.82, 2.24) is 14.7 Å². The van der Waals surface area contributed by atoms with Crippen LogP contribution < -0.4 is 0 Å². The smallest absolute Gasteiger partial charge is 0.320 e. The van der Waals surface area contributed by atoms with Crippen molar-refractivity contribution < 1.29 is 19.5 Å². The van der Waals surface area contributed by atoms with E-state index in [1.54, 1.807) is 16.8 Å². The molecule has 2 fully saturated rings. The Morgan fingerprint density at radius 3 is 2.04 bits per heavy atom. The van der Waals surface area contributed by atoms with Gasteiger partial charge in [0.1, 0.15) is 0 Å². The van der Waals surface area contributed by atoms with E-state index < -0.39 is 5.97 Å². The number of benzene rings is 1. The topological polar surface area (TPSA) is 81.2 Å². The Labute approximate surface area is 165 Å². The minimum Gasteiger partial charge on any atom is -0.481 e. The fourth-order valence-corrected chi connectivity index (χ4v) is 4.13. The summed E-state index contributed by atoms with van der Waals surface area (Å²) in [6.45, 7) is 2.72. The van der Waals surface area contributed by atoms with Gasteiger partial charge in [-0.1, -0.05) is 30.3 Å². The molecule has 1 aliphatic carbocycles. The molecule has 1 saturated heterocycles. The summed E-state index contributed by atoms with van der Waals surface area (Å²) in [7, 11) is 1.80. The predicted octanol–water partition coefficient (Wildman–Crippen LogP) is 2.27. The first kappa shape index (κ1) is 20.2. The molecule has 7 heteroatoms. The summed E-state index contributed by atoms with van der Waals surface area (Å²) in [6, 6.07) is 9.86. The second-order valence-electron chi connectivity index (χ2n) is 7.82. The van der Waals surface area contributed by atoms with E-state index in [0.29, 0.717) is 58.4 Å². The Kier molecular flexibility index (Phi) is 6.54. The minimum atomic E-state index is -0.752. The number of urea groups is 1. The first-order valence-corrected chi connectivity index (χ1v) is 10.0. The Morgan fingerprint density at radius 1 is 0.929 bits per heavy atom. The number of aliphatic carboxylic acids is 1. The standard InChI is InChI=1S/C21H29N3O4/c1-22(15-16-5-3-2-4-6-16)21(28)24-13-11-23(12-14-24)19(25)17-7-9-18(10-8-17)20(26)27/h2-6,17-18H,7-15H2,1H3,(H,26,27). The summed E-state index contributed by atoms with van der Waals surface area (Å²) in [5.74, 6) is -1.01. The van der Waals surface area contributed by atoms with E-state index in [9.17, 15) is 14.4 Å². The fraction of sp³-hybridized carbons (Fsp3) is 0.571. The first-order chi connectivity index (χ1) is 13.5. The second-order valence-corrected chi connectivity index (χ2v) is 7.82. The second kappa shape index (κ2) is 9.08. The number of amides is 3. The Hall–Kier alpha value is -2.57. The molecule has 0 radical (unpaired) electrons. The number of hydrogen-bond acceptors (Lipinski definition) is 3. The van der Waals surface area contributed by atoms with Crippen LogP contribution in [0.2, 0.25) is 0 Å². The molecule has 1 aromatic rings. The largest absolute Gasteiger partial charge is 0.481 e. The highest BCUT2D eigenvalue weighted by Gasteiger charge is 2.34. The SMILES string of the molecule is CN(Cc1ccccc1)C(=O)N1CCN(C(=O)C2CCC(C(=O)O)CC2)CC1. The van der Waals surface area contributed by atoms with Crippen LogP contribution in [0.1, 0.15) is 31.2 Å². The van der Waals surface area contributed by atoms with Crippen LogP contribution in [0.5, 0.6) is 0 Å². The predicted molar refractivity (Wildman–Crippen MR) is 105 cm³/mol. The summed E-state index contributed by atoms with van der Waals surface area (Å²) in [4.78, 5) is 41.8. The molecule has 152 valence electrons. The van der Waals surface area contributed by atoms with E-state index in [2.05, 4.69) is 0 Å².